The zero-order valence-electron chi connectivity index (χ0n) is 11.0. The molecule has 2 aromatic carbocycles. The predicted octanol–water partition coefficient (Wildman–Crippen LogP) is 3.51. The van der Waals surface area contributed by atoms with Crippen molar-refractivity contribution in [2.24, 2.45) is 0 Å². The van der Waals surface area contributed by atoms with Crippen molar-refractivity contribution < 1.29 is 5.11 Å². The first-order chi connectivity index (χ1) is 9.22. The van der Waals surface area contributed by atoms with Gasteiger partial charge in [0.15, 0.2) is 0 Å². The van der Waals surface area contributed by atoms with Gasteiger partial charge in [0.1, 0.15) is 0 Å². The molecule has 0 amide bonds. The van der Waals surface area contributed by atoms with Crippen molar-refractivity contribution in [2.75, 3.05) is 18.5 Å². The third-order valence-corrected chi connectivity index (χ3v) is 3.51. The van der Waals surface area contributed by atoms with Crippen LogP contribution in [0.1, 0.15) is 11.1 Å². The van der Waals surface area contributed by atoms with E-state index in [1.165, 1.54) is 5.56 Å². The van der Waals surface area contributed by atoms with E-state index >= 15 is 0 Å². The van der Waals surface area contributed by atoms with Gasteiger partial charge in [-0.15, -0.1) is 0 Å². The second-order valence-electron chi connectivity index (χ2n) is 4.56. The summed E-state index contributed by atoms with van der Waals surface area (Å²) in [5, 5.41) is 10.1. The Morgan fingerprint density at radius 3 is 2.47 bits per heavy atom. The molecule has 0 spiro atoms. The number of aliphatic hydroxyl groups is 1. The second kappa shape index (κ2) is 6.60. The molecule has 0 aromatic heterocycles. The fraction of sp³-hybridized carbons (Fsp3) is 0.250. The van der Waals surface area contributed by atoms with Crippen molar-refractivity contribution in [3.63, 3.8) is 0 Å². The van der Waals surface area contributed by atoms with Gasteiger partial charge in [-0.3, -0.25) is 0 Å². The van der Waals surface area contributed by atoms with Gasteiger partial charge in [0.2, 0.25) is 0 Å². The van der Waals surface area contributed by atoms with E-state index in [0.29, 0.717) is 5.02 Å². The molecule has 19 heavy (non-hydrogen) atoms. The maximum atomic E-state index is 9.39. The summed E-state index contributed by atoms with van der Waals surface area (Å²) in [5.74, 6) is 0. The topological polar surface area (TPSA) is 23.5 Å². The van der Waals surface area contributed by atoms with E-state index in [1.807, 2.05) is 43.4 Å². The van der Waals surface area contributed by atoms with Gasteiger partial charge in [0.25, 0.3) is 0 Å². The molecule has 2 rings (SSSR count). The normalized spacial score (nSPS) is 10.5. The lowest BCUT2D eigenvalue weighted by molar-refractivity contribution is 0.282. The summed E-state index contributed by atoms with van der Waals surface area (Å²) >= 11 is 6.23. The molecular formula is C16H18ClNO. The number of hydrogen-bond donors (Lipinski definition) is 1. The molecular weight excluding hydrogens is 258 g/mol. The zero-order valence-corrected chi connectivity index (χ0v) is 11.8. The third kappa shape index (κ3) is 3.49. The molecule has 2 nitrogen and oxygen atoms in total. The first-order valence-electron chi connectivity index (χ1n) is 6.35. The van der Waals surface area contributed by atoms with E-state index in [9.17, 15) is 5.11 Å². The summed E-state index contributed by atoms with van der Waals surface area (Å²) < 4.78 is 0. The average molecular weight is 276 g/mol. The second-order valence-corrected chi connectivity index (χ2v) is 4.97. The summed E-state index contributed by atoms with van der Waals surface area (Å²) in [6, 6.07) is 16.0. The van der Waals surface area contributed by atoms with Crippen LogP contribution in [0.25, 0.3) is 0 Å². The number of hydrogen-bond acceptors (Lipinski definition) is 2. The fourth-order valence-corrected chi connectivity index (χ4v) is 2.51. The highest BCUT2D eigenvalue weighted by molar-refractivity contribution is 6.33. The lowest BCUT2D eigenvalue weighted by Crippen LogP contribution is -2.22. The molecule has 2 aromatic rings. The molecule has 0 radical (unpaired) electrons. The van der Waals surface area contributed by atoms with Crippen LogP contribution in [0.2, 0.25) is 5.02 Å². The van der Waals surface area contributed by atoms with Crippen LogP contribution in [0.4, 0.5) is 5.69 Å². The molecule has 0 unspecified atom stereocenters. The Bertz CT molecular complexity index is 528. The smallest absolute Gasteiger partial charge is 0.0702 e. The lowest BCUT2D eigenvalue weighted by Gasteiger charge is -2.23. The number of benzene rings is 2. The molecule has 1 N–H and O–H groups in total. The highest BCUT2D eigenvalue weighted by Crippen LogP contribution is 2.29. The molecule has 100 valence electrons. The monoisotopic (exact) mass is 275 g/mol. The Morgan fingerprint density at radius 1 is 1.05 bits per heavy atom. The van der Waals surface area contributed by atoms with Crippen molar-refractivity contribution in [3.8, 4) is 0 Å². The summed E-state index contributed by atoms with van der Waals surface area (Å²) in [6.45, 7) is 0.867. The van der Waals surface area contributed by atoms with Crippen LogP contribution in [0.3, 0.4) is 0 Å². The zero-order chi connectivity index (χ0) is 13.7. The van der Waals surface area contributed by atoms with E-state index in [4.69, 9.17) is 11.6 Å². The Kier molecular flexibility index (Phi) is 4.83. The standard InChI is InChI=1S/C16H18ClNO/c1-18(11-10-13-6-3-2-4-7-13)16-14(12-19)8-5-9-15(16)17/h2-9,19H,10-12H2,1H3. The Balaban J connectivity index is 2.10. The third-order valence-electron chi connectivity index (χ3n) is 3.20. The molecule has 3 heteroatoms. The van der Waals surface area contributed by atoms with Gasteiger partial charge in [-0.2, -0.15) is 0 Å². The van der Waals surface area contributed by atoms with Gasteiger partial charge in [-0.1, -0.05) is 54.1 Å². The van der Waals surface area contributed by atoms with Gasteiger partial charge in [0, 0.05) is 19.2 Å². The van der Waals surface area contributed by atoms with E-state index in [1.54, 1.807) is 0 Å². The number of nitrogens with zero attached hydrogens (tertiary/aromatic N) is 1. The molecule has 0 heterocycles. The lowest BCUT2D eigenvalue weighted by atomic mass is 10.1. The van der Waals surface area contributed by atoms with E-state index in [-0.39, 0.29) is 6.61 Å². The number of likely N-dealkylation sites (N-methyl/N-ethyl adjacent to an activating group) is 1. The van der Waals surface area contributed by atoms with Crippen LogP contribution in [-0.2, 0) is 13.0 Å². The summed E-state index contributed by atoms with van der Waals surface area (Å²) in [4.78, 5) is 2.10. The van der Waals surface area contributed by atoms with Crippen molar-refractivity contribution in [1.29, 1.82) is 0 Å². The summed E-state index contributed by atoms with van der Waals surface area (Å²) in [7, 11) is 2.00. The van der Waals surface area contributed by atoms with E-state index in [2.05, 4.69) is 17.0 Å². The van der Waals surface area contributed by atoms with Gasteiger partial charge < -0.3 is 10.0 Å². The van der Waals surface area contributed by atoms with Crippen LogP contribution in [0, 0.1) is 0 Å². The molecule has 0 saturated heterocycles. The summed E-state index contributed by atoms with van der Waals surface area (Å²) in [5.41, 5.74) is 3.08. The van der Waals surface area contributed by atoms with Crippen molar-refractivity contribution in [3.05, 3.63) is 64.7 Å². The van der Waals surface area contributed by atoms with Gasteiger partial charge in [-0.25, -0.2) is 0 Å². The number of halogens is 1. The van der Waals surface area contributed by atoms with Crippen LogP contribution in [0.15, 0.2) is 48.5 Å². The van der Waals surface area contributed by atoms with Crippen LogP contribution in [-0.4, -0.2) is 18.7 Å². The maximum absolute atomic E-state index is 9.39. The predicted molar refractivity (Wildman–Crippen MR) is 80.8 cm³/mol. The van der Waals surface area contributed by atoms with Crippen molar-refractivity contribution in [1.82, 2.24) is 0 Å². The molecule has 0 aliphatic carbocycles. The van der Waals surface area contributed by atoms with Crippen LogP contribution < -0.4 is 4.90 Å². The minimum atomic E-state index is 0.00553. The van der Waals surface area contributed by atoms with Crippen LogP contribution >= 0.6 is 11.6 Å². The van der Waals surface area contributed by atoms with Gasteiger partial charge in [0.05, 0.1) is 17.3 Å². The molecule has 0 aliphatic rings. The minimum absolute atomic E-state index is 0.00553. The largest absolute Gasteiger partial charge is 0.392 e. The van der Waals surface area contributed by atoms with Crippen molar-refractivity contribution in [2.45, 2.75) is 13.0 Å². The highest BCUT2D eigenvalue weighted by Gasteiger charge is 2.10. The Labute approximate surface area is 119 Å². The van der Waals surface area contributed by atoms with Gasteiger partial charge >= 0.3 is 0 Å². The first-order valence-corrected chi connectivity index (χ1v) is 6.73. The van der Waals surface area contributed by atoms with Crippen LogP contribution in [0.5, 0.6) is 0 Å². The Morgan fingerprint density at radius 2 is 1.79 bits per heavy atom. The van der Waals surface area contributed by atoms with E-state index in [0.717, 1.165) is 24.2 Å². The molecule has 0 saturated carbocycles. The molecule has 0 fully saturated rings. The number of anilines is 1. The Hall–Kier alpha value is -1.51. The molecule has 0 atom stereocenters. The van der Waals surface area contributed by atoms with Gasteiger partial charge in [-0.05, 0) is 18.1 Å². The SMILES string of the molecule is CN(CCc1ccccc1)c1c(Cl)cccc1CO. The van der Waals surface area contributed by atoms with E-state index < -0.39 is 0 Å². The highest BCUT2D eigenvalue weighted by atomic mass is 35.5. The maximum Gasteiger partial charge on any atom is 0.0702 e. The summed E-state index contributed by atoms with van der Waals surface area (Å²) in [6.07, 6.45) is 0.952. The molecule has 0 bridgehead atoms. The number of rotatable bonds is 5. The minimum Gasteiger partial charge on any atom is -0.392 e. The quantitative estimate of drug-likeness (QED) is 0.903. The fourth-order valence-electron chi connectivity index (χ4n) is 2.17. The number of aliphatic hydroxyl groups excluding tert-OH is 1. The average Bonchev–Trinajstić information content (AvgIpc) is 2.45. The molecule has 0 aliphatic heterocycles. The number of para-hydroxylation sites is 1. The van der Waals surface area contributed by atoms with Crippen molar-refractivity contribution >= 4 is 17.3 Å². The first kappa shape index (κ1) is 13.9.